The Balaban J connectivity index is 1.60. The lowest BCUT2D eigenvalue weighted by molar-refractivity contribution is -0.160. The third kappa shape index (κ3) is 11.0. The number of hydrogen-bond acceptors (Lipinski definition) is 7. The van der Waals surface area contributed by atoms with Gasteiger partial charge >= 0.3 is 5.97 Å². The molecule has 0 saturated carbocycles. The zero-order valence-corrected chi connectivity index (χ0v) is 40.2. The van der Waals surface area contributed by atoms with Crippen molar-refractivity contribution in [3.05, 3.63) is 132 Å². The van der Waals surface area contributed by atoms with Gasteiger partial charge in [-0.2, -0.15) is 0 Å². The molecule has 5 rings (SSSR count). The van der Waals surface area contributed by atoms with Crippen LogP contribution in [0.15, 0.2) is 115 Å². The Bertz CT molecular complexity index is 1760. The molecule has 322 valence electrons. The van der Waals surface area contributed by atoms with Crippen LogP contribution in [-0.4, -0.2) is 65.5 Å². The molecule has 1 saturated heterocycles. The summed E-state index contributed by atoms with van der Waals surface area (Å²) in [4.78, 5) is 12.6. The zero-order valence-electron chi connectivity index (χ0n) is 38.2. The van der Waals surface area contributed by atoms with E-state index in [1.165, 1.54) is 6.08 Å². The van der Waals surface area contributed by atoms with Crippen molar-refractivity contribution in [1.29, 1.82) is 0 Å². The normalized spacial score (nSPS) is 23.4. The highest BCUT2D eigenvalue weighted by Crippen LogP contribution is 2.47. The summed E-state index contributed by atoms with van der Waals surface area (Å²) in [6, 6.07) is 31.3. The summed E-state index contributed by atoms with van der Waals surface area (Å²) < 4.78 is 41.7. The topological polar surface area (TPSA) is 72.5 Å². The van der Waals surface area contributed by atoms with E-state index in [0.717, 1.165) is 23.1 Å². The van der Waals surface area contributed by atoms with Crippen LogP contribution in [0.2, 0.25) is 36.3 Å². The molecule has 2 heterocycles. The van der Waals surface area contributed by atoms with Gasteiger partial charge in [0.15, 0.2) is 22.4 Å². The molecule has 0 amide bonds. The first-order valence-electron chi connectivity index (χ1n) is 21.6. The molecule has 3 aromatic rings. The highest BCUT2D eigenvalue weighted by Gasteiger charge is 2.54. The van der Waals surface area contributed by atoms with Crippen molar-refractivity contribution in [1.82, 2.24) is 0 Å². The largest absolute Gasteiger partial charge is 0.454 e. The fraction of sp³-hybridized carbons (Fsp3) is 0.540. The summed E-state index contributed by atoms with van der Waals surface area (Å²) >= 11 is 0. The molecule has 0 aliphatic carbocycles. The van der Waals surface area contributed by atoms with Crippen molar-refractivity contribution in [2.45, 2.75) is 153 Å². The van der Waals surface area contributed by atoms with Crippen LogP contribution in [0.4, 0.5) is 0 Å². The molecule has 2 aliphatic rings. The monoisotopic (exact) mass is 840 g/mol. The van der Waals surface area contributed by atoms with Gasteiger partial charge in [0.05, 0.1) is 25.4 Å². The van der Waals surface area contributed by atoms with E-state index in [4.69, 9.17) is 27.8 Å². The van der Waals surface area contributed by atoms with E-state index >= 15 is 0 Å². The number of benzene rings is 3. The van der Waals surface area contributed by atoms with Gasteiger partial charge in [-0.05, 0) is 79.3 Å². The average molecular weight is 841 g/mol. The van der Waals surface area contributed by atoms with Gasteiger partial charge in [-0.25, -0.2) is 4.79 Å². The van der Waals surface area contributed by atoms with Gasteiger partial charge in [0, 0.05) is 24.8 Å². The van der Waals surface area contributed by atoms with Crippen LogP contribution in [0.25, 0.3) is 0 Å². The first-order chi connectivity index (χ1) is 27.5. The molecule has 0 spiro atoms. The quantitative estimate of drug-likeness (QED) is 0.0580. The second-order valence-corrected chi connectivity index (χ2v) is 29.5. The lowest BCUT2D eigenvalue weighted by atomic mass is 9.80. The number of cyclic esters (lactones) is 1. The van der Waals surface area contributed by atoms with Crippen molar-refractivity contribution in [3.63, 3.8) is 0 Å². The Kier molecular flexibility index (Phi) is 14.7. The summed E-state index contributed by atoms with van der Waals surface area (Å²) in [5, 5.41) is 0.0281. The summed E-state index contributed by atoms with van der Waals surface area (Å²) in [5.41, 5.74) is 1.19. The smallest absolute Gasteiger partial charge is 0.331 e. The number of esters is 1. The highest BCUT2D eigenvalue weighted by molar-refractivity contribution is 6.74. The first kappa shape index (κ1) is 46.9. The maximum absolute atomic E-state index is 12.6. The molecule has 59 heavy (non-hydrogen) atoms. The van der Waals surface area contributed by atoms with E-state index in [9.17, 15) is 4.79 Å². The van der Waals surface area contributed by atoms with Crippen LogP contribution in [0.5, 0.6) is 0 Å². The molecule has 0 N–H and O–H groups in total. The molecule has 2 aliphatic heterocycles. The van der Waals surface area contributed by atoms with Gasteiger partial charge in [0.1, 0.15) is 17.3 Å². The van der Waals surface area contributed by atoms with Crippen molar-refractivity contribution < 1.29 is 32.6 Å². The van der Waals surface area contributed by atoms with E-state index < -0.39 is 45.8 Å². The van der Waals surface area contributed by atoms with Crippen molar-refractivity contribution in [2.75, 3.05) is 13.2 Å². The first-order valence-corrected chi connectivity index (χ1v) is 27.4. The second kappa shape index (κ2) is 18.4. The van der Waals surface area contributed by atoms with E-state index in [2.05, 4.69) is 154 Å². The van der Waals surface area contributed by atoms with Gasteiger partial charge < -0.3 is 27.8 Å². The molecule has 7 nitrogen and oxygen atoms in total. The third-order valence-corrected chi connectivity index (χ3v) is 22.2. The Morgan fingerprint density at radius 3 is 1.76 bits per heavy atom. The van der Waals surface area contributed by atoms with Crippen molar-refractivity contribution in [3.8, 4) is 0 Å². The fourth-order valence-corrected chi connectivity index (χ4v) is 10.1. The number of carbonyl (C=O) groups excluding carboxylic acids is 1. The Labute approximate surface area is 358 Å². The van der Waals surface area contributed by atoms with E-state index in [-0.39, 0.29) is 28.1 Å². The predicted molar refractivity (Wildman–Crippen MR) is 244 cm³/mol. The molecule has 0 radical (unpaired) electrons. The minimum atomic E-state index is -2.26. The summed E-state index contributed by atoms with van der Waals surface area (Å²) in [6.07, 6.45) is 8.28. The van der Waals surface area contributed by atoms with Crippen LogP contribution in [0.1, 0.15) is 98.3 Å². The van der Waals surface area contributed by atoms with Gasteiger partial charge in [0.2, 0.25) is 0 Å². The predicted octanol–water partition coefficient (Wildman–Crippen LogP) is 12.1. The zero-order chi connectivity index (χ0) is 43.3. The van der Waals surface area contributed by atoms with Crippen LogP contribution in [-0.2, 0) is 38.2 Å². The number of hydrogen-bond donors (Lipinski definition) is 0. The molecular formula is C50H72O7Si2. The van der Waals surface area contributed by atoms with Crippen LogP contribution in [0.3, 0.4) is 0 Å². The van der Waals surface area contributed by atoms with Gasteiger partial charge in [-0.15, -0.1) is 0 Å². The number of carbonyl (C=O) groups is 1. The minimum absolute atomic E-state index is 0.0114. The van der Waals surface area contributed by atoms with E-state index in [1.54, 1.807) is 0 Å². The Hall–Kier alpha value is -3.16. The SMILES string of the molecule is CC[C@H]1C=CC(=O)O[C@H]1/C=C/C1(CCOC(c2ccccc2)(c2ccccc2)c2ccccc2)OC(C)(C)O[C@@H]1C[C@H](CO[Si](C)(C)C(C)(C)C)O[Si](C)(C)C(C)(C)C. The lowest BCUT2D eigenvalue weighted by Crippen LogP contribution is -2.50. The van der Waals surface area contributed by atoms with Crippen LogP contribution < -0.4 is 0 Å². The van der Waals surface area contributed by atoms with Crippen molar-refractivity contribution in [2.24, 2.45) is 5.92 Å². The maximum Gasteiger partial charge on any atom is 0.331 e. The summed E-state index contributed by atoms with van der Waals surface area (Å²) in [7, 11) is -4.39. The van der Waals surface area contributed by atoms with Crippen molar-refractivity contribution >= 4 is 22.6 Å². The average Bonchev–Trinajstić information content (AvgIpc) is 3.43. The Morgan fingerprint density at radius 2 is 1.29 bits per heavy atom. The maximum atomic E-state index is 12.6. The minimum Gasteiger partial charge on any atom is -0.454 e. The molecule has 0 bridgehead atoms. The van der Waals surface area contributed by atoms with Crippen LogP contribution >= 0.6 is 0 Å². The Morgan fingerprint density at radius 1 is 0.780 bits per heavy atom. The molecule has 1 fully saturated rings. The molecule has 3 aromatic carbocycles. The van der Waals surface area contributed by atoms with Gasteiger partial charge in [-0.1, -0.05) is 152 Å². The summed E-state index contributed by atoms with van der Waals surface area (Å²) in [5.74, 6) is -1.23. The lowest BCUT2D eigenvalue weighted by Gasteiger charge is -2.43. The molecule has 1 unspecified atom stereocenters. The number of rotatable bonds is 17. The van der Waals surface area contributed by atoms with E-state index in [0.29, 0.717) is 26.1 Å². The van der Waals surface area contributed by atoms with Crippen LogP contribution in [0, 0.1) is 5.92 Å². The molecule has 9 heteroatoms. The summed E-state index contributed by atoms with van der Waals surface area (Å²) in [6.45, 7) is 29.7. The van der Waals surface area contributed by atoms with Gasteiger partial charge in [-0.3, -0.25) is 0 Å². The molecule has 5 atom stereocenters. The molecular weight excluding hydrogens is 769 g/mol. The van der Waals surface area contributed by atoms with E-state index in [1.807, 2.05) is 44.2 Å². The highest BCUT2D eigenvalue weighted by atomic mass is 28.4. The van der Waals surface area contributed by atoms with Gasteiger partial charge in [0.25, 0.3) is 0 Å². The standard InChI is InChI=1S/C50H72O7Si2/c1-14-38-30-31-45(51)54-43(38)32-33-49(34-35-52-50(39-24-18-15-19-25-39,40-26-20-16-21-27-40)41-28-22-17-23-29-41)44(55-48(8,9)57-49)36-42(56-59(12,13)47(5,6)7)37-53-58(10,11)46(2,3)4/h15-33,38,42-44H,14,34-37H2,1-13H3/b33-32+/t38-,42+,43-,44+,49?/m0/s1. The second-order valence-electron chi connectivity index (χ2n) is 19.9. The fourth-order valence-electron chi connectivity index (χ4n) is 7.69. The third-order valence-electron chi connectivity index (χ3n) is 13.1. The molecule has 0 aromatic heterocycles. The number of ether oxygens (including phenoxy) is 4.